The van der Waals surface area contributed by atoms with Crippen LogP contribution < -0.4 is 14.4 Å². The van der Waals surface area contributed by atoms with E-state index in [4.69, 9.17) is 29.2 Å². The standard InChI is InChI=1S/C36H43N7O4/c1-23(25-4-9-30(45-3)10-5-25)42-19-26(16-34(42)44)24(2)47-36-35-33(38-22-43(35)27-6-7-27)17-32(39-36)31-11-8-28(18-37-31)40-12-14-41(15-13-40)29-20-46-21-29/h4-5,8-11,17-18,22-24,26-27,29H,6-7,12-16,19-21H2,1-3H3/t23-,24-,26-/m1/s1. The van der Waals surface area contributed by atoms with Crippen LogP contribution in [0, 0.1) is 5.92 Å². The van der Waals surface area contributed by atoms with Crippen molar-refractivity contribution in [3.05, 3.63) is 60.6 Å². The molecule has 1 saturated carbocycles. The van der Waals surface area contributed by atoms with Gasteiger partial charge in [-0.15, -0.1) is 0 Å². The molecule has 246 valence electrons. The number of benzene rings is 1. The minimum atomic E-state index is -0.221. The van der Waals surface area contributed by atoms with Gasteiger partial charge in [0.2, 0.25) is 11.8 Å². The summed E-state index contributed by atoms with van der Waals surface area (Å²) in [6.07, 6.45) is 6.35. The Balaban J connectivity index is 1.00. The van der Waals surface area contributed by atoms with Crippen molar-refractivity contribution in [1.29, 1.82) is 0 Å². The van der Waals surface area contributed by atoms with E-state index in [0.717, 1.165) is 91.7 Å². The van der Waals surface area contributed by atoms with Gasteiger partial charge in [0.05, 0.1) is 67.5 Å². The fourth-order valence-electron chi connectivity index (χ4n) is 7.16. The number of fused-ring (bicyclic) bond motifs is 1. The fraction of sp³-hybridized carbons (Fsp3) is 0.500. The molecule has 47 heavy (non-hydrogen) atoms. The summed E-state index contributed by atoms with van der Waals surface area (Å²) in [7, 11) is 1.66. The van der Waals surface area contributed by atoms with E-state index >= 15 is 0 Å². The number of hydrogen-bond acceptors (Lipinski definition) is 9. The van der Waals surface area contributed by atoms with Gasteiger partial charge in [0.15, 0.2) is 0 Å². The van der Waals surface area contributed by atoms with Crippen LogP contribution in [0.25, 0.3) is 22.4 Å². The van der Waals surface area contributed by atoms with Gasteiger partial charge in [-0.25, -0.2) is 9.97 Å². The number of pyridine rings is 2. The Hall–Kier alpha value is -4.22. The summed E-state index contributed by atoms with van der Waals surface area (Å²) < 4.78 is 19.6. The molecule has 0 spiro atoms. The monoisotopic (exact) mass is 637 g/mol. The maximum absolute atomic E-state index is 13.2. The highest BCUT2D eigenvalue weighted by atomic mass is 16.5. The van der Waals surface area contributed by atoms with Crippen LogP contribution in [0.2, 0.25) is 0 Å². The van der Waals surface area contributed by atoms with Gasteiger partial charge in [-0.3, -0.25) is 14.7 Å². The van der Waals surface area contributed by atoms with Gasteiger partial charge < -0.3 is 28.6 Å². The quantitative estimate of drug-likeness (QED) is 0.244. The topological polar surface area (TPSA) is 98.1 Å². The molecule has 4 aliphatic rings. The molecule has 11 heteroatoms. The largest absolute Gasteiger partial charge is 0.497 e. The maximum Gasteiger partial charge on any atom is 0.241 e. The van der Waals surface area contributed by atoms with Crippen molar-refractivity contribution in [3.8, 4) is 23.0 Å². The van der Waals surface area contributed by atoms with Crippen LogP contribution in [0.3, 0.4) is 0 Å². The molecule has 3 aliphatic heterocycles. The predicted octanol–water partition coefficient (Wildman–Crippen LogP) is 4.73. The Labute approximate surface area is 275 Å². The second-order valence-corrected chi connectivity index (χ2v) is 13.5. The van der Waals surface area contributed by atoms with Crippen molar-refractivity contribution >= 4 is 22.6 Å². The zero-order valence-electron chi connectivity index (χ0n) is 27.4. The Morgan fingerprint density at radius 2 is 1.72 bits per heavy atom. The molecule has 3 atom stereocenters. The molecule has 3 aromatic heterocycles. The average Bonchev–Trinajstić information content (AvgIpc) is 3.71. The highest BCUT2D eigenvalue weighted by Crippen LogP contribution is 2.41. The average molecular weight is 638 g/mol. The predicted molar refractivity (Wildman–Crippen MR) is 179 cm³/mol. The molecular formula is C36H43N7O4. The lowest BCUT2D eigenvalue weighted by atomic mass is 10.0. The number of hydrogen-bond donors (Lipinski definition) is 0. The Bertz CT molecular complexity index is 1730. The number of carbonyl (C=O) groups is 1. The van der Waals surface area contributed by atoms with E-state index in [2.05, 4.69) is 40.3 Å². The highest BCUT2D eigenvalue weighted by molar-refractivity contribution is 5.84. The maximum atomic E-state index is 13.2. The summed E-state index contributed by atoms with van der Waals surface area (Å²) in [5.74, 6) is 1.55. The van der Waals surface area contributed by atoms with E-state index in [1.54, 1.807) is 7.11 Å². The molecule has 1 amide bonds. The van der Waals surface area contributed by atoms with Crippen LogP contribution in [-0.4, -0.2) is 100 Å². The summed E-state index contributed by atoms with van der Waals surface area (Å²) in [5, 5.41) is 0. The third-order valence-electron chi connectivity index (χ3n) is 10.5. The number of imidazole rings is 1. The number of nitrogens with zero attached hydrogens (tertiary/aromatic N) is 7. The lowest BCUT2D eigenvalue weighted by Crippen LogP contribution is -2.56. The van der Waals surface area contributed by atoms with Crippen LogP contribution in [-0.2, 0) is 9.53 Å². The second-order valence-electron chi connectivity index (χ2n) is 13.5. The molecule has 3 saturated heterocycles. The first-order valence-corrected chi connectivity index (χ1v) is 17.0. The molecule has 1 aromatic carbocycles. The number of anilines is 1. The van der Waals surface area contributed by atoms with E-state index in [0.29, 0.717) is 30.9 Å². The summed E-state index contributed by atoms with van der Waals surface area (Å²) in [6, 6.07) is 15.1. The highest BCUT2D eigenvalue weighted by Gasteiger charge is 2.38. The van der Waals surface area contributed by atoms with Crippen molar-refractivity contribution in [3.63, 3.8) is 0 Å². The van der Waals surface area contributed by atoms with Crippen LogP contribution in [0.15, 0.2) is 55.0 Å². The normalized spacial score (nSPS) is 22.0. The number of likely N-dealkylation sites (tertiary alicyclic amines) is 1. The first-order valence-electron chi connectivity index (χ1n) is 17.0. The van der Waals surface area contributed by atoms with Gasteiger partial charge >= 0.3 is 0 Å². The van der Waals surface area contributed by atoms with Crippen LogP contribution in [0.1, 0.15) is 50.8 Å². The summed E-state index contributed by atoms with van der Waals surface area (Å²) in [5.41, 5.74) is 5.50. The van der Waals surface area contributed by atoms with E-state index in [1.807, 2.05) is 47.8 Å². The molecule has 0 bridgehead atoms. The third kappa shape index (κ3) is 5.91. The van der Waals surface area contributed by atoms with Gasteiger partial charge in [0.1, 0.15) is 17.4 Å². The van der Waals surface area contributed by atoms with Crippen molar-refractivity contribution in [1.82, 2.24) is 29.3 Å². The van der Waals surface area contributed by atoms with Crippen LogP contribution in [0.5, 0.6) is 11.6 Å². The van der Waals surface area contributed by atoms with Crippen molar-refractivity contribution in [2.45, 2.75) is 57.3 Å². The molecule has 1 aliphatic carbocycles. The van der Waals surface area contributed by atoms with Crippen LogP contribution in [0.4, 0.5) is 5.69 Å². The first-order chi connectivity index (χ1) is 22.9. The Morgan fingerprint density at radius 3 is 2.38 bits per heavy atom. The fourth-order valence-corrected chi connectivity index (χ4v) is 7.16. The summed E-state index contributed by atoms with van der Waals surface area (Å²) >= 11 is 0. The summed E-state index contributed by atoms with van der Waals surface area (Å²) in [4.78, 5) is 34.8. The SMILES string of the molecule is COc1ccc([C@@H](C)N2C[C@H]([C@@H](C)Oc3nc(-c4ccc(N5CCN(C6COC6)CC5)cn4)cc4ncn(C5CC5)c34)CC2=O)cc1. The zero-order valence-corrected chi connectivity index (χ0v) is 27.4. The van der Waals surface area contributed by atoms with E-state index in [1.165, 1.54) is 0 Å². The Kier molecular flexibility index (Phi) is 7.97. The molecule has 4 aromatic rings. The zero-order chi connectivity index (χ0) is 32.1. The van der Waals surface area contributed by atoms with Crippen molar-refractivity contribution in [2.75, 3.05) is 57.9 Å². The molecule has 0 unspecified atom stereocenters. The third-order valence-corrected chi connectivity index (χ3v) is 10.5. The number of aromatic nitrogens is 4. The minimum Gasteiger partial charge on any atom is -0.497 e. The van der Waals surface area contributed by atoms with Crippen molar-refractivity contribution in [2.24, 2.45) is 5.92 Å². The minimum absolute atomic E-state index is 0.0367. The summed E-state index contributed by atoms with van der Waals surface area (Å²) in [6.45, 7) is 10.5. The van der Waals surface area contributed by atoms with E-state index < -0.39 is 0 Å². The van der Waals surface area contributed by atoms with E-state index in [-0.39, 0.29) is 24.0 Å². The van der Waals surface area contributed by atoms with Gasteiger partial charge in [0, 0.05) is 51.1 Å². The number of methoxy groups -OCH3 is 1. The lowest BCUT2D eigenvalue weighted by molar-refractivity contribution is -0.129. The van der Waals surface area contributed by atoms with Gasteiger partial charge in [-0.2, -0.15) is 0 Å². The molecule has 6 heterocycles. The molecule has 0 N–H and O–H groups in total. The molecular weight excluding hydrogens is 594 g/mol. The van der Waals surface area contributed by atoms with Gasteiger partial charge in [0.25, 0.3) is 0 Å². The van der Waals surface area contributed by atoms with Crippen molar-refractivity contribution < 1.29 is 19.0 Å². The number of carbonyl (C=O) groups excluding carboxylic acids is 1. The lowest BCUT2D eigenvalue weighted by Gasteiger charge is -2.43. The number of ether oxygens (including phenoxy) is 3. The van der Waals surface area contributed by atoms with Crippen LogP contribution >= 0.6 is 0 Å². The number of piperazine rings is 1. The van der Waals surface area contributed by atoms with E-state index in [9.17, 15) is 4.79 Å². The number of amides is 1. The Morgan fingerprint density at radius 1 is 0.936 bits per heavy atom. The molecule has 0 radical (unpaired) electrons. The first kappa shape index (κ1) is 30.1. The number of rotatable bonds is 10. The molecule has 8 rings (SSSR count). The molecule has 4 fully saturated rings. The smallest absolute Gasteiger partial charge is 0.241 e. The molecule has 11 nitrogen and oxygen atoms in total. The van der Waals surface area contributed by atoms with Gasteiger partial charge in [-0.05, 0) is 62.6 Å². The van der Waals surface area contributed by atoms with Gasteiger partial charge in [-0.1, -0.05) is 12.1 Å². The second kappa shape index (κ2) is 12.4.